The summed E-state index contributed by atoms with van der Waals surface area (Å²) in [5.41, 5.74) is 2.03. The van der Waals surface area contributed by atoms with E-state index in [9.17, 15) is 5.11 Å². The smallest absolute Gasteiger partial charge is 0.124 e. The number of hydrogen-bond donors (Lipinski definition) is 2. The fourth-order valence-electron chi connectivity index (χ4n) is 2.83. The molecule has 0 spiro atoms. The van der Waals surface area contributed by atoms with Gasteiger partial charge in [-0.25, -0.2) is 0 Å². The Morgan fingerprint density at radius 3 is 2.62 bits per heavy atom. The number of hydrogen-bond acceptors (Lipinski definition) is 3. The van der Waals surface area contributed by atoms with Crippen molar-refractivity contribution in [2.45, 2.75) is 26.2 Å². The number of aliphatic hydroxyl groups is 1. The van der Waals surface area contributed by atoms with Crippen LogP contribution in [0, 0.1) is 0 Å². The van der Waals surface area contributed by atoms with Gasteiger partial charge in [-0.15, -0.1) is 0 Å². The predicted octanol–water partition coefficient (Wildman–Crippen LogP) is 5.20. The minimum absolute atomic E-state index is 0.398. The molecule has 2 N–H and O–H groups in total. The molecule has 0 heterocycles. The molecule has 1 atom stereocenters. The maximum absolute atomic E-state index is 9.50. The Morgan fingerprint density at radius 1 is 1.04 bits per heavy atom. The predicted molar refractivity (Wildman–Crippen MR) is 108 cm³/mol. The summed E-state index contributed by atoms with van der Waals surface area (Å²) in [4.78, 5) is 0. The van der Waals surface area contributed by atoms with Crippen LogP contribution in [0.5, 0.6) is 5.75 Å². The van der Waals surface area contributed by atoms with E-state index in [2.05, 4.69) is 23.5 Å². The Kier molecular flexibility index (Phi) is 6.38. The normalized spacial score (nSPS) is 12.3. The zero-order valence-corrected chi connectivity index (χ0v) is 16.0. The molecule has 0 fully saturated rings. The van der Waals surface area contributed by atoms with Crippen LogP contribution in [0.25, 0.3) is 10.8 Å². The largest absolute Gasteiger partial charge is 0.489 e. The number of nitrogens with one attached hydrogen (secondary N) is 1. The molecular weight excluding hydrogens is 369 g/mol. The Morgan fingerprint density at radius 2 is 1.85 bits per heavy atom. The highest BCUT2D eigenvalue weighted by molar-refractivity contribution is 6.42. The summed E-state index contributed by atoms with van der Waals surface area (Å²) >= 11 is 12.1. The van der Waals surface area contributed by atoms with E-state index in [0.29, 0.717) is 29.7 Å². The first-order valence-electron chi connectivity index (χ1n) is 8.50. The molecular formula is C21H21Cl2NO2. The van der Waals surface area contributed by atoms with Gasteiger partial charge in [-0.05, 0) is 41.5 Å². The molecule has 0 unspecified atom stereocenters. The zero-order valence-electron chi connectivity index (χ0n) is 14.5. The second kappa shape index (κ2) is 8.74. The number of halogens is 2. The maximum atomic E-state index is 9.50. The first-order chi connectivity index (χ1) is 12.5. The first-order valence-corrected chi connectivity index (χ1v) is 9.26. The van der Waals surface area contributed by atoms with Crippen LogP contribution in [0.3, 0.4) is 0 Å². The van der Waals surface area contributed by atoms with Crippen LogP contribution in [-0.4, -0.2) is 17.8 Å². The van der Waals surface area contributed by atoms with Crippen molar-refractivity contribution >= 4 is 34.0 Å². The average molecular weight is 390 g/mol. The Bertz CT molecular complexity index is 896. The van der Waals surface area contributed by atoms with Crippen LogP contribution in [0.2, 0.25) is 10.0 Å². The van der Waals surface area contributed by atoms with Gasteiger partial charge in [0.25, 0.3) is 0 Å². The molecule has 0 bridgehead atoms. The van der Waals surface area contributed by atoms with Gasteiger partial charge < -0.3 is 15.2 Å². The molecule has 3 rings (SSSR count). The van der Waals surface area contributed by atoms with Gasteiger partial charge in [0.15, 0.2) is 0 Å². The molecule has 0 saturated heterocycles. The summed E-state index contributed by atoms with van der Waals surface area (Å²) in [6.45, 7) is 3.30. The average Bonchev–Trinajstić information content (AvgIpc) is 2.63. The molecule has 3 aromatic carbocycles. The summed E-state index contributed by atoms with van der Waals surface area (Å²) in [6, 6.07) is 17.7. The van der Waals surface area contributed by atoms with E-state index in [1.807, 2.05) is 30.3 Å². The number of rotatable bonds is 7. The second-order valence-electron chi connectivity index (χ2n) is 6.28. The number of benzene rings is 3. The van der Waals surface area contributed by atoms with Gasteiger partial charge in [0.05, 0.1) is 16.1 Å². The molecule has 3 aromatic rings. The van der Waals surface area contributed by atoms with Gasteiger partial charge in [-0.3, -0.25) is 0 Å². The third-order valence-corrected chi connectivity index (χ3v) is 4.86. The maximum Gasteiger partial charge on any atom is 0.124 e. The number of aliphatic hydroxyl groups excluding tert-OH is 1. The lowest BCUT2D eigenvalue weighted by Crippen LogP contribution is -2.24. The molecule has 0 aromatic heterocycles. The van der Waals surface area contributed by atoms with E-state index < -0.39 is 6.10 Å². The molecule has 136 valence electrons. The van der Waals surface area contributed by atoms with Crippen molar-refractivity contribution in [1.82, 2.24) is 5.32 Å². The van der Waals surface area contributed by atoms with E-state index in [1.54, 1.807) is 13.0 Å². The topological polar surface area (TPSA) is 41.5 Å². The highest BCUT2D eigenvalue weighted by Gasteiger charge is 2.10. The summed E-state index contributed by atoms with van der Waals surface area (Å²) < 4.78 is 6.08. The lowest BCUT2D eigenvalue weighted by molar-refractivity contribution is 0.190. The van der Waals surface area contributed by atoms with Crippen molar-refractivity contribution < 1.29 is 9.84 Å². The SMILES string of the molecule is C[C@H](O)CNCc1c(OCc2ccc(Cl)c(Cl)c2)ccc2ccccc12. The third kappa shape index (κ3) is 4.68. The van der Waals surface area contributed by atoms with Crippen molar-refractivity contribution in [2.24, 2.45) is 0 Å². The van der Waals surface area contributed by atoms with E-state index >= 15 is 0 Å². The molecule has 0 aliphatic carbocycles. The molecule has 5 heteroatoms. The summed E-state index contributed by atoms with van der Waals surface area (Å²) in [5.74, 6) is 0.813. The van der Waals surface area contributed by atoms with Crippen LogP contribution >= 0.6 is 23.2 Å². The van der Waals surface area contributed by atoms with E-state index in [4.69, 9.17) is 27.9 Å². The number of ether oxygens (including phenoxy) is 1. The molecule has 0 radical (unpaired) electrons. The quantitative estimate of drug-likeness (QED) is 0.583. The van der Waals surface area contributed by atoms with E-state index in [-0.39, 0.29) is 0 Å². The Labute approximate surface area is 163 Å². The Hall–Kier alpha value is -1.78. The molecule has 3 nitrogen and oxygen atoms in total. The second-order valence-corrected chi connectivity index (χ2v) is 7.09. The van der Waals surface area contributed by atoms with Crippen molar-refractivity contribution in [1.29, 1.82) is 0 Å². The summed E-state index contributed by atoms with van der Waals surface area (Å²) in [5, 5.41) is 16.1. The van der Waals surface area contributed by atoms with Crippen LogP contribution in [0.15, 0.2) is 54.6 Å². The van der Waals surface area contributed by atoms with Crippen LogP contribution in [0.1, 0.15) is 18.1 Å². The van der Waals surface area contributed by atoms with Crippen molar-refractivity contribution in [3.63, 3.8) is 0 Å². The molecule has 0 aliphatic rings. The van der Waals surface area contributed by atoms with Crippen LogP contribution in [-0.2, 0) is 13.2 Å². The van der Waals surface area contributed by atoms with E-state index in [0.717, 1.165) is 27.6 Å². The van der Waals surface area contributed by atoms with Gasteiger partial charge >= 0.3 is 0 Å². The standard InChI is InChI=1S/C21H21Cl2NO2/c1-14(25)11-24-12-18-17-5-3-2-4-16(17)7-9-21(18)26-13-15-6-8-19(22)20(23)10-15/h2-10,14,24-25H,11-13H2,1H3/t14-/m0/s1. The van der Waals surface area contributed by atoms with Gasteiger partial charge in [-0.1, -0.05) is 59.6 Å². The molecule has 0 amide bonds. The van der Waals surface area contributed by atoms with Crippen molar-refractivity contribution in [3.8, 4) is 5.75 Å². The van der Waals surface area contributed by atoms with Gasteiger partial charge in [0, 0.05) is 18.7 Å². The highest BCUT2D eigenvalue weighted by Crippen LogP contribution is 2.29. The highest BCUT2D eigenvalue weighted by atomic mass is 35.5. The minimum Gasteiger partial charge on any atom is -0.489 e. The van der Waals surface area contributed by atoms with Crippen LogP contribution in [0.4, 0.5) is 0 Å². The third-order valence-electron chi connectivity index (χ3n) is 4.12. The molecule has 0 saturated carbocycles. The fraction of sp³-hybridized carbons (Fsp3) is 0.238. The van der Waals surface area contributed by atoms with Crippen molar-refractivity contribution in [3.05, 3.63) is 75.8 Å². The van der Waals surface area contributed by atoms with Gasteiger partial charge in [0.2, 0.25) is 0 Å². The fourth-order valence-corrected chi connectivity index (χ4v) is 3.15. The van der Waals surface area contributed by atoms with Gasteiger partial charge in [0.1, 0.15) is 12.4 Å². The zero-order chi connectivity index (χ0) is 18.5. The summed E-state index contributed by atoms with van der Waals surface area (Å²) in [6.07, 6.45) is -0.398. The van der Waals surface area contributed by atoms with Crippen molar-refractivity contribution in [2.75, 3.05) is 6.54 Å². The molecule has 0 aliphatic heterocycles. The monoisotopic (exact) mass is 389 g/mol. The van der Waals surface area contributed by atoms with E-state index in [1.165, 1.54) is 0 Å². The van der Waals surface area contributed by atoms with Crippen LogP contribution < -0.4 is 10.1 Å². The molecule has 26 heavy (non-hydrogen) atoms. The summed E-state index contributed by atoms with van der Waals surface area (Å²) in [7, 11) is 0. The van der Waals surface area contributed by atoms with Gasteiger partial charge in [-0.2, -0.15) is 0 Å². The lowest BCUT2D eigenvalue weighted by Gasteiger charge is -2.16. The lowest BCUT2D eigenvalue weighted by atomic mass is 10.0. The minimum atomic E-state index is -0.398. The first kappa shape index (κ1) is 19.0. The Balaban J connectivity index is 1.84. The number of fused-ring (bicyclic) bond motifs is 1.